The summed E-state index contributed by atoms with van der Waals surface area (Å²) in [6.07, 6.45) is -0.412. The largest absolute Gasteiger partial charge is 0.389 e. The predicted octanol–water partition coefficient (Wildman–Crippen LogP) is 3.19. The molecule has 0 amide bonds. The van der Waals surface area contributed by atoms with Crippen LogP contribution in [0.25, 0.3) is 10.6 Å². The molecule has 1 fully saturated rings. The van der Waals surface area contributed by atoms with Gasteiger partial charge in [-0.15, -0.1) is 0 Å². The molecule has 1 unspecified atom stereocenters. The van der Waals surface area contributed by atoms with E-state index in [2.05, 4.69) is 15.4 Å². The van der Waals surface area contributed by atoms with E-state index in [0.29, 0.717) is 34.8 Å². The molecule has 1 aliphatic rings. The Morgan fingerprint density at radius 3 is 2.91 bits per heavy atom. The number of benzene rings is 1. The Labute approximate surface area is 188 Å². The molecule has 8 nitrogen and oxygen atoms in total. The summed E-state index contributed by atoms with van der Waals surface area (Å²) in [5.74, 6) is -0.405. The van der Waals surface area contributed by atoms with Gasteiger partial charge in [0.1, 0.15) is 33.8 Å². The fourth-order valence-corrected chi connectivity index (χ4v) is 4.84. The molecule has 32 heavy (non-hydrogen) atoms. The van der Waals surface area contributed by atoms with Gasteiger partial charge in [0.25, 0.3) is 0 Å². The van der Waals surface area contributed by atoms with Gasteiger partial charge < -0.3 is 26.6 Å². The number of nitrogens with two attached hydrogens (primary N) is 2. The van der Waals surface area contributed by atoms with E-state index in [1.807, 2.05) is 0 Å². The molecular weight excluding hydrogens is 438 g/mol. The lowest BCUT2D eigenvalue weighted by Crippen LogP contribution is -2.32. The third kappa shape index (κ3) is 4.33. The number of nitrogens with one attached hydrogen (secondary N) is 1. The van der Waals surface area contributed by atoms with E-state index in [-0.39, 0.29) is 17.3 Å². The number of aliphatic hydroxyl groups is 1. The topological polar surface area (TPSA) is 124 Å². The summed E-state index contributed by atoms with van der Waals surface area (Å²) in [4.78, 5) is 4.40. The molecule has 6 N–H and O–H groups in total. The zero-order valence-electron chi connectivity index (χ0n) is 17.8. The van der Waals surface area contributed by atoms with Crippen LogP contribution in [0.3, 0.4) is 0 Å². The maximum atomic E-state index is 14.4. The number of alkyl halides is 1. The lowest BCUT2D eigenvalue weighted by atomic mass is 10.0. The summed E-state index contributed by atoms with van der Waals surface area (Å²) < 4.78 is 35.7. The Bertz CT molecular complexity index is 1070. The third-order valence-electron chi connectivity index (χ3n) is 5.64. The average molecular weight is 465 g/mol. The van der Waals surface area contributed by atoms with Crippen LogP contribution < -0.4 is 16.8 Å². The first-order valence-corrected chi connectivity index (χ1v) is 11.1. The van der Waals surface area contributed by atoms with Gasteiger partial charge in [0.15, 0.2) is 6.23 Å². The van der Waals surface area contributed by atoms with Gasteiger partial charge in [-0.05, 0) is 31.4 Å². The molecule has 2 aromatic heterocycles. The molecule has 11 heteroatoms. The molecule has 0 aliphatic carbocycles. The van der Waals surface area contributed by atoms with Gasteiger partial charge in [-0.2, -0.15) is 5.10 Å². The number of ether oxygens (including phenoxy) is 1. The van der Waals surface area contributed by atoms with E-state index in [1.165, 1.54) is 6.07 Å². The molecule has 4 rings (SSSR count). The van der Waals surface area contributed by atoms with Gasteiger partial charge >= 0.3 is 0 Å². The Hall–Kier alpha value is -2.60. The number of hydrogen-bond donors (Lipinski definition) is 4. The molecule has 0 spiro atoms. The molecule has 1 saturated heterocycles. The standard InChI is InChI=1S/C21H26F2N6O2S/c1-10-4-3-5-11(22)16(10)21-28-17(19(25)32-21)20(30)27-14-8-26-29(2)18(14)15-7-6-13(24)12(23)9-31-15/h3-5,8,12-13,15,20,27,30H,6-7,9,24-25H2,1-2H3/t12-,13-,15+,20?/m1/s1. The highest BCUT2D eigenvalue weighted by Gasteiger charge is 2.30. The fourth-order valence-electron chi connectivity index (χ4n) is 3.86. The van der Waals surface area contributed by atoms with Crippen LogP contribution in [-0.4, -0.2) is 38.7 Å². The van der Waals surface area contributed by atoms with E-state index >= 15 is 0 Å². The molecule has 3 aromatic rings. The maximum absolute atomic E-state index is 14.4. The Balaban J connectivity index is 1.58. The van der Waals surface area contributed by atoms with Crippen LogP contribution in [0.15, 0.2) is 24.4 Å². The number of thiazole rings is 1. The normalized spacial score (nSPS) is 22.5. The average Bonchev–Trinajstić information content (AvgIpc) is 3.25. The highest BCUT2D eigenvalue weighted by molar-refractivity contribution is 7.19. The third-order valence-corrected chi connectivity index (χ3v) is 6.56. The molecule has 0 saturated carbocycles. The monoisotopic (exact) mass is 464 g/mol. The highest BCUT2D eigenvalue weighted by Crippen LogP contribution is 2.38. The maximum Gasteiger partial charge on any atom is 0.171 e. The van der Waals surface area contributed by atoms with Crippen molar-refractivity contribution in [1.29, 1.82) is 0 Å². The van der Waals surface area contributed by atoms with Crippen LogP contribution in [0.1, 0.15) is 42.1 Å². The second-order valence-corrected chi connectivity index (χ2v) is 8.92. The van der Waals surface area contributed by atoms with Crippen molar-refractivity contribution in [3.63, 3.8) is 0 Å². The van der Waals surface area contributed by atoms with Crippen molar-refractivity contribution in [3.05, 3.63) is 47.2 Å². The van der Waals surface area contributed by atoms with Crippen molar-refractivity contribution in [3.8, 4) is 10.6 Å². The first kappa shape index (κ1) is 22.6. The minimum absolute atomic E-state index is 0.108. The van der Waals surface area contributed by atoms with Crippen molar-refractivity contribution < 1.29 is 18.6 Å². The van der Waals surface area contributed by atoms with Crippen molar-refractivity contribution in [1.82, 2.24) is 14.8 Å². The number of hydrogen-bond acceptors (Lipinski definition) is 8. The molecule has 0 bridgehead atoms. The molecule has 4 atom stereocenters. The van der Waals surface area contributed by atoms with Crippen molar-refractivity contribution >= 4 is 22.0 Å². The zero-order chi connectivity index (χ0) is 23.0. The van der Waals surface area contributed by atoms with Crippen LogP contribution in [-0.2, 0) is 11.8 Å². The summed E-state index contributed by atoms with van der Waals surface area (Å²) in [5.41, 5.74) is 14.4. The number of aromatic nitrogens is 3. The first-order chi connectivity index (χ1) is 15.3. The minimum Gasteiger partial charge on any atom is -0.389 e. The lowest BCUT2D eigenvalue weighted by Gasteiger charge is -2.19. The number of nitrogens with zero attached hydrogens (tertiary/aromatic N) is 3. The summed E-state index contributed by atoms with van der Waals surface area (Å²) in [6, 6.07) is 4.19. The molecule has 3 heterocycles. The second-order valence-electron chi connectivity index (χ2n) is 7.89. The van der Waals surface area contributed by atoms with Gasteiger partial charge in [0.05, 0.1) is 24.2 Å². The number of halogens is 2. The number of nitrogen functional groups attached to an aromatic ring is 1. The van der Waals surface area contributed by atoms with E-state index in [0.717, 1.165) is 16.9 Å². The Kier molecular flexibility index (Phi) is 6.42. The summed E-state index contributed by atoms with van der Waals surface area (Å²) >= 11 is 1.10. The van der Waals surface area contributed by atoms with Crippen molar-refractivity contribution in [2.45, 2.75) is 44.3 Å². The van der Waals surface area contributed by atoms with Crippen LogP contribution in [0.5, 0.6) is 0 Å². The van der Waals surface area contributed by atoms with Gasteiger partial charge in [0.2, 0.25) is 0 Å². The van der Waals surface area contributed by atoms with Crippen molar-refractivity contribution in [2.24, 2.45) is 12.8 Å². The number of anilines is 2. The molecule has 172 valence electrons. The molecule has 1 aliphatic heterocycles. The van der Waals surface area contributed by atoms with E-state index in [1.54, 1.807) is 37.0 Å². The first-order valence-electron chi connectivity index (χ1n) is 10.3. The van der Waals surface area contributed by atoms with Crippen LogP contribution in [0.2, 0.25) is 0 Å². The number of aliphatic hydroxyl groups excluding tert-OH is 1. The van der Waals surface area contributed by atoms with E-state index in [4.69, 9.17) is 16.2 Å². The van der Waals surface area contributed by atoms with Crippen molar-refractivity contribution in [2.75, 3.05) is 17.7 Å². The van der Waals surface area contributed by atoms with Crippen LogP contribution >= 0.6 is 11.3 Å². The minimum atomic E-state index is -1.27. The van der Waals surface area contributed by atoms with E-state index in [9.17, 15) is 13.9 Å². The second kappa shape index (κ2) is 9.10. The molecular formula is C21H26F2N6O2S. The van der Waals surface area contributed by atoms with Crippen LogP contribution in [0, 0.1) is 12.7 Å². The molecule has 0 radical (unpaired) electrons. The van der Waals surface area contributed by atoms with Gasteiger partial charge in [-0.1, -0.05) is 23.5 Å². The van der Waals surface area contributed by atoms with Gasteiger partial charge in [-0.25, -0.2) is 13.8 Å². The van der Waals surface area contributed by atoms with E-state index < -0.39 is 30.4 Å². The highest BCUT2D eigenvalue weighted by atomic mass is 32.1. The molecule has 1 aromatic carbocycles. The quantitative estimate of drug-likeness (QED) is 0.428. The Morgan fingerprint density at radius 1 is 1.38 bits per heavy atom. The summed E-state index contributed by atoms with van der Waals surface area (Å²) in [6.45, 7) is 1.68. The van der Waals surface area contributed by atoms with Crippen LogP contribution in [0.4, 0.5) is 19.5 Å². The summed E-state index contributed by atoms with van der Waals surface area (Å²) in [7, 11) is 1.74. The smallest absolute Gasteiger partial charge is 0.171 e. The lowest BCUT2D eigenvalue weighted by molar-refractivity contribution is 0.0246. The Morgan fingerprint density at radius 2 is 2.16 bits per heavy atom. The SMILES string of the molecule is Cc1cccc(F)c1-c1nc(C(O)Nc2cnn(C)c2[C@@H]2CC[C@@H](N)[C@H](F)CO2)c(N)s1. The number of aryl methyl sites for hydroxylation is 2. The fraction of sp³-hybridized carbons (Fsp3) is 0.429. The number of rotatable bonds is 5. The van der Waals surface area contributed by atoms with Gasteiger partial charge in [0, 0.05) is 18.7 Å². The summed E-state index contributed by atoms with van der Waals surface area (Å²) in [5, 5.41) is 18.7. The zero-order valence-corrected chi connectivity index (χ0v) is 18.6. The predicted molar refractivity (Wildman–Crippen MR) is 119 cm³/mol. The van der Waals surface area contributed by atoms with Gasteiger partial charge in [-0.3, -0.25) is 4.68 Å².